The quantitative estimate of drug-likeness (QED) is 0.498. The van der Waals surface area contributed by atoms with Crippen molar-refractivity contribution in [3.63, 3.8) is 0 Å². The van der Waals surface area contributed by atoms with E-state index in [2.05, 4.69) is 0 Å². The number of nitro benzene ring substituents is 1. The molecule has 0 N–H and O–H groups in total. The fourth-order valence-corrected chi connectivity index (χ4v) is 3.89. The Morgan fingerprint density at radius 2 is 1.61 bits per heavy atom. The normalized spacial score (nSPS) is 14.9. The Hall–Kier alpha value is -2.21. The number of nitro groups is 1. The van der Waals surface area contributed by atoms with Gasteiger partial charge >= 0.3 is 0 Å². The molecule has 3 rings (SSSR count). The Morgan fingerprint density at radius 1 is 0.944 bits per heavy atom. The lowest BCUT2D eigenvalue weighted by molar-refractivity contribution is -0.384. The van der Waals surface area contributed by atoms with Crippen LogP contribution in [0, 0.1) is 10.1 Å². The highest BCUT2D eigenvalue weighted by Gasteiger charge is 2.37. The Kier molecular flexibility index (Phi) is 2.06. The molecular formula is C12H7NO4S. The van der Waals surface area contributed by atoms with Crippen LogP contribution in [-0.2, 0) is 9.84 Å². The van der Waals surface area contributed by atoms with E-state index in [0.717, 1.165) is 0 Å². The van der Waals surface area contributed by atoms with Gasteiger partial charge in [0.2, 0.25) is 9.84 Å². The smallest absolute Gasteiger partial charge is 0.258 e. The minimum absolute atomic E-state index is 0.0119. The Balaban J connectivity index is 2.52. The zero-order valence-corrected chi connectivity index (χ0v) is 9.85. The van der Waals surface area contributed by atoms with Gasteiger partial charge in [-0.15, -0.1) is 0 Å². The zero-order chi connectivity index (χ0) is 12.9. The Labute approximate surface area is 103 Å². The highest BCUT2D eigenvalue weighted by Crippen LogP contribution is 2.47. The average molecular weight is 261 g/mol. The van der Waals surface area contributed by atoms with Crippen LogP contribution in [0.1, 0.15) is 0 Å². The summed E-state index contributed by atoms with van der Waals surface area (Å²) in [5, 5.41) is 11.0. The van der Waals surface area contributed by atoms with Crippen molar-refractivity contribution in [1.82, 2.24) is 0 Å². The summed E-state index contributed by atoms with van der Waals surface area (Å²) in [6, 6.07) is 10.4. The molecule has 0 saturated heterocycles. The third kappa shape index (κ3) is 1.23. The third-order valence-electron chi connectivity index (χ3n) is 2.94. The minimum atomic E-state index is -3.63. The average Bonchev–Trinajstić information content (AvgIpc) is 2.59. The summed E-state index contributed by atoms with van der Waals surface area (Å²) in [5.74, 6) is 0. The van der Waals surface area contributed by atoms with Gasteiger partial charge in [-0.05, 0) is 12.1 Å². The van der Waals surface area contributed by atoms with Crippen LogP contribution in [0.25, 0.3) is 11.1 Å². The predicted molar refractivity (Wildman–Crippen MR) is 64.0 cm³/mol. The van der Waals surface area contributed by atoms with E-state index in [1.165, 1.54) is 24.3 Å². The molecule has 0 aliphatic carbocycles. The molecule has 0 aromatic heterocycles. The van der Waals surface area contributed by atoms with E-state index in [4.69, 9.17) is 0 Å². The lowest BCUT2D eigenvalue weighted by Gasteiger charge is -1.99. The topological polar surface area (TPSA) is 77.3 Å². The molecule has 0 fully saturated rings. The molecule has 0 saturated carbocycles. The maximum atomic E-state index is 12.2. The van der Waals surface area contributed by atoms with E-state index in [0.29, 0.717) is 5.56 Å². The SMILES string of the molecule is O=[N+]([O-])c1cccc2c1-c1ccccc1S2(=O)=O. The van der Waals surface area contributed by atoms with Gasteiger partial charge in [-0.3, -0.25) is 10.1 Å². The molecule has 6 heteroatoms. The van der Waals surface area contributed by atoms with Crippen molar-refractivity contribution < 1.29 is 13.3 Å². The van der Waals surface area contributed by atoms with Crippen LogP contribution < -0.4 is 0 Å². The fourth-order valence-electron chi connectivity index (χ4n) is 2.19. The second-order valence-electron chi connectivity index (χ2n) is 3.91. The van der Waals surface area contributed by atoms with Crippen LogP contribution >= 0.6 is 0 Å². The number of hydrogen-bond donors (Lipinski definition) is 0. The summed E-state index contributed by atoms with van der Waals surface area (Å²) in [4.78, 5) is 10.6. The molecule has 0 radical (unpaired) electrons. The second kappa shape index (κ2) is 3.39. The summed E-state index contributed by atoms with van der Waals surface area (Å²) in [5.41, 5.74) is 0.416. The molecule has 90 valence electrons. The summed E-state index contributed by atoms with van der Waals surface area (Å²) < 4.78 is 24.5. The summed E-state index contributed by atoms with van der Waals surface area (Å²) >= 11 is 0. The van der Waals surface area contributed by atoms with Gasteiger partial charge in [0.15, 0.2) is 0 Å². The van der Waals surface area contributed by atoms with Crippen LogP contribution in [0.2, 0.25) is 0 Å². The monoisotopic (exact) mass is 261 g/mol. The Bertz CT molecular complexity index is 780. The first-order valence-corrected chi connectivity index (χ1v) is 6.63. The van der Waals surface area contributed by atoms with Gasteiger partial charge in [-0.25, -0.2) is 8.42 Å². The van der Waals surface area contributed by atoms with Crippen molar-refractivity contribution in [2.45, 2.75) is 9.79 Å². The van der Waals surface area contributed by atoms with E-state index >= 15 is 0 Å². The van der Waals surface area contributed by atoms with E-state index in [1.54, 1.807) is 18.2 Å². The van der Waals surface area contributed by atoms with Crippen molar-refractivity contribution in [3.05, 3.63) is 52.6 Å². The molecule has 5 nitrogen and oxygen atoms in total. The minimum Gasteiger partial charge on any atom is -0.258 e. The van der Waals surface area contributed by atoms with Gasteiger partial charge < -0.3 is 0 Å². The molecule has 1 heterocycles. The molecule has 18 heavy (non-hydrogen) atoms. The first kappa shape index (κ1) is 10.9. The van der Waals surface area contributed by atoms with Crippen molar-refractivity contribution >= 4 is 15.5 Å². The van der Waals surface area contributed by atoms with Crippen LogP contribution in [0.15, 0.2) is 52.3 Å². The third-order valence-corrected chi connectivity index (χ3v) is 4.79. The number of benzene rings is 2. The first-order valence-electron chi connectivity index (χ1n) is 5.15. The van der Waals surface area contributed by atoms with Crippen LogP contribution in [-0.4, -0.2) is 13.3 Å². The largest absolute Gasteiger partial charge is 0.278 e. The van der Waals surface area contributed by atoms with Gasteiger partial charge in [0.25, 0.3) is 5.69 Å². The van der Waals surface area contributed by atoms with Crippen molar-refractivity contribution in [3.8, 4) is 11.1 Å². The van der Waals surface area contributed by atoms with E-state index in [9.17, 15) is 18.5 Å². The predicted octanol–water partition coefficient (Wildman–Crippen LogP) is 2.41. The number of hydrogen-bond acceptors (Lipinski definition) is 4. The van der Waals surface area contributed by atoms with E-state index < -0.39 is 14.8 Å². The van der Waals surface area contributed by atoms with Crippen LogP contribution in [0.5, 0.6) is 0 Å². The maximum Gasteiger partial charge on any atom is 0.278 e. The van der Waals surface area contributed by atoms with Gasteiger partial charge in [-0.2, -0.15) is 0 Å². The first-order chi connectivity index (χ1) is 8.53. The zero-order valence-electron chi connectivity index (χ0n) is 9.03. The Morgan fingerprint density at radius 3 is 2.33 bits per heavy atom. The molecule has 0 atom stereocenters. The summed E-state index contributed by atoms with van der Waals surface area (Å²) in [6.45, 7) is 0. The van der Waals surface area contributed by atoms with Crippen LogP contribution in [0.3, 0.4) is 0 Å². The van der Waals surface area contributed by atoms with Gasteiger partial charge in [0.1, 0.15) is 0 Å². The van der Waals surface area contributed by atoms with Crippen molar-refractivity contribution in [1.29, 1.82) is 0 Å². The molecule has 0 unspecified atom stereocenters. The highest BCUT2D eigenvalue weighted by atomic mass is 32.2. The molecule has 0 bridgehead atoms. The van der Waals surface area contributed by atoms with Crippen molar-refractivity contribution in [2.75, 3.05) is 0 Å². The summed E-state index contributed by atoms with van der Waals surface area (Å²) in [6.07, 6.45) is 0. The highest BCUT2D eigenvalue weighted by molar-refractivity contribution is 7.92. The number of rotatable bonds is 1. The standard InChI is InChI=1S/C12H7NO4S/c14-13(15)9-5-3-7-11-12(9)8-4-1-2-6-10(8)18(11,16)17/h1-7H. The maximum absolute atomic E-state index is 12.2. The van der Waals surface area contributed by atoms with Crippen LogP contribution in [0.4, 0.5) is 5.69 Å². The molecule has 2 aromatic carbocycles. The number of fused-ring (bicyclic) bond motifs is 3. The molecule has 1 aliphatic rings. The van der Waals surface area contributed by atoms with Gasteiger partial charge in [0.05, 0.1) is 20.3 Å². The molecule has 0 spiro atoms. The molecular weight excluding hydrogens is 254 g/mol. The second-order valence-corrected chi connectivity index (χ2v) is 5.79. The summed E-state index contributed by atoms with van der Waals surface area (Å²) in [7, 11) is -3.63. The molecule has 2 aromatic rings. The van der Waals surface area contributed by atoms with E-state index in [-0.39, 0.29) is 21.0 Å². The fraction of sp³-hybridized carbons (Fsp3) is 0. The van der Waals surface area contributed by atoms with Gasteiger partial charge in [0, 0.05) is 11.6 Å². The van der Waals surface area contributed by atoms with E-state index in [1.807, 2.05) is 0 Å². The van der Waals surface area contributed by atoms with Gasteiger partial charge in [-0.1, -0.05) is 24.3 Å². The lowest BCUT2D eigenvalue weighted by Crippen LogP contribution is -1.97. The van der Waals surface area contributed by atoms with Crippen molar-refractivity contribution in [2.24, 2.45) is 0 Å². The molecule has 0 amide bonds. The molecule has 1 aliphatic heterocycles. The number of sulfone groups is 1. The number of nitrogens with zero attached hydrogens (tertiary/aromatic N) is 1. The lowest BCUT2D eigenvalue weighted by atomic mass is 10.0.